The summed E-state index contributed by atoms with van der Waals surface area (Å²) in [5.74, 6) is -0.149. The summed E-state index contributed by atoms with van der Waals surface area (Å²) in [6.45, 7) is 0. The van der Waals surface area contributed by atoms with Crippen LogP contribution in [0.3, 0.4) is 0 Å². The van der Waals surface area contributed by atoms with Crippen molar-refractivity contribution < 1.29 is 9.13 Å². The van der Waals surface area contributed by atoms with Gasteiger partial charge in [-0.15, -0.1) is 0 Å². The first-order valence-corrected chi connectivity index (χ1v) is 4.73. The van der Waals surface area contributed by atoms with E-state index in [1.165, 1.54) is 24.7 Å². The van der Waals surface area contributed by atoms with E-state index in [0.717, 1.165) is 6.07 Å². The normalized spacial score (nSPS) is 10.1. The van der Waals surface area contributed by atoms with E-state index in [-0.39, 0.29) is 16.7 Å². The van der Waals surface area contributed by atoms with Gasteiger partial charge < -0.3 is 10.5 Å². The number of benzene rings is 1. The first kappa shape index (κ1) is 10.6. The highest BCUT2D eigenvalue weighted by Gasteiger charge is 2.08. The maximum Gasteiger partial charge on any atom is 0.241 e. The van der Waals surface area contributed by atoms with E-state index in [1.54, 1.807) is 0 Å². The van der Waals surface area contributed by atoms with Crippen LogP contribution in [0, 0.1) is 5.82 Å². The van der Waals surface area contributed by atoms with Gasteiger partial charge in [-0.05, 0) is 12.1 Å². The number of rotatable bonds is 2. The van der Waals surface area contributed by atoms with E-state index in [4.69, 9.17) is 22.1 Å². The molecule has 0 radical (unpaired) electrons. The van der Waals surface area contributed by atoms with Crippen molar-refractivity contribution in [1.29, 1.82) is 0 Å². The lowest BCUT2D eigenvalue weighted by atomic mass is 10.3. The highest BCUT2D eigenvalue weighted by molar-refractivity contribution is 6.31. The van der Waals surface area contributed by atoms with E-state index >= 15 is 0 Å². The summed E-state index contributed by atoms with van der Waals surface area (Å²) >= 11 is 5.78. The van der Waals surface area contributed by atoms with Gasteiger partial charge in [0.15, 0.2) is 5.75 Å². The van der Waals surface area contributed by atoms with Gasteiger partial charge in [0.05, 0.1) is 11.9 Å². The largest absolute Gasteiger partial charge is 0.435 e. The van der Waals surface area contributed by atoms with E-state index in [2.05, 4.69) is 9.97 Å². The fourth-order valence-electron chi connectivity index (χ4n) is 1.08. The standard InChI is InChI=1S/C10H7ClFN3O/c11-7-4-14-5-15-10(7)16-9-3-6(12)1-2-8(9)13/h1-5H,13H2. The highest BCUT2D eigenvalue weighted by atomic mass is 35.5. The molecule has 0 fully saturated rings. The topological polar surface area (TPSA) is 61.0 Å². The van der Waals surface area contributed by atoms with Crippen LogP contribution in [0.4, 0.5) is 10.1 Å². The molecule has 0 amide bonds. The van der Waals surface area contributed by atoms with Gasteiger partial charge in [0.2, 0.25) is 5.88 Å². The van der Waals surface area contributed by atoms with Crippen molar-refractivity contribution in [1.82, 2.24) is 9.97 Å². The number of nitrogens with zero attached hydrogens (tertiary/aromatic N) is 2. The monoisotopic (exact) mass is 239 g/mol. The van der Waals surface area contributed by atoms with Gasteiger partial charge in [-0.3, -0.25) is 0 Å². The quantitative estimate of drug-likeness (QED) is 0.819. The van der Waals surface area contributed by atoms with Crippen LogP contribution in [0.2, 0.25) is 5.02 Å². The molecule has 0 saturated heterocycles. The molecular formula is C10H7ClFN3O. The van der Waals surface area contributed by atoms with Crippen LogP contribution >= 0.6 is 11.6 Å². The molecule has 0 aliphatic heterocycles. The van der Waals surface area contributed by atoms with Crippen molar-refractivity contribution in [3.05, 3.63) is 41.6 Å². The maximum absolute atomic E-state index is 12.9. The Kier molecular flexibility index (Phi) is 2.87. The third-order valence-electron chi connectivity index (χ3n) is 1.82. The Bertz CT molecular complexity index is 521. The third kappa shape index (κ3) is 2.20. The molecule has 0 unspecified atom stereocenters. The first-order chi connectivity index (χ1) is 7.66. The number of hydrogen-bond acceptors (Lipinski definition) is 4. The number of nitrogen functional groups attached to an aromatic ring is 1. The second kappa shape index (κ2) is 4.32. The second-order valence-corrected chi connectivity index (χ2v) is 3.37. The first-order valence-electron chi connectivity index (χ1n) is 4.35. The van der Waals surface area contributed by atoms with Crippen LogP contribution in [0.5, 0.6) is 11.6 Å². The molecule has 1 heterocycles. The van der Waals surface area contributed by atoms with Crippen LogP contribution in [0.15, 0.2) is 30.7 Å². The highest BCUT2D eigenvalue weighted by Crippen LogP contribution is 2.30. The minimum Gasteiger partial charge on any atom is -0.435 e. The summed E-state index contributed by atoms with van der Waals surface area (Å²) in [4.78, 5) is 7.50. The number of halogens is 2. The molecule has 4 nitrogen and oxygen atoms in total. The van der Waals surface area contributed by atoms with Crippen LogP contribution in [0.25, 0.3) is 0 Å². The van der Waals surface area contributed by atoms with Gasteiger partial charge in [-0.1, -0.05) is 11.6 Å². The molecule has 1 aromatic heterocycles. The van der Waals surface area contributed by atoms with Crippen LogP contribution in [-0.2, 0) is 0 Å². The summed E-state index contributed by atoms with van der Waals surface area (Å²) in [6.07, 6.45) is 2.65. The van der Waals surface area contributed by atoms with E-state index in [0.29, 0.717) is 5.69 Å². The van der Waals surface area contributed by atoms with Gasteiger partial charge in [0, 0.05) is 6.07 Å². The van der Waals surface area contributed by atoms with Crippen LogP contribution in [0.1, 0.15) is 0 Å². The lowest BCUT2D eigenvalue weighted by Gasteiger charge is -2.07. The fourth-order valence-corrected chi connectivity index (χ4v) is 1.22. The molecule has 0 spiro atoms. The number of hydrogen-bond donors (Lipinski definition) is 1. The van der Waals surface area contributed by atoms with Gasteiger partial charge in [-0.2, -0.15) is 0 Å². The van der Waals surface area contributed by atoms with E-state index in [1.807, 2.05) is 0 Å². The molecule has 0 aliphatic rings. The molecule has 82 valence electrons. The molecule has 1 aromatic carbocycles. The maximum atomic E-state index is 12.9. The summed E-state index contributed by atoms with van der Waals surface area (Å²) in [7, 11) is 0. The summed E-state index contributed by atoms with van der Waals surface area (Å²) in [5.41, 5.74) is 5.91. The smallest absolute Gasteiger partial charge is 0.241 e. The second-order valence-electron chi connectivity index (χ2n) is 2.96. The van der Waals surface area contributed by atoms with Gasteiger partial charge in [-0.25, -0.2) is 14.4 Å². The molecule has 2 rings (SSSR count). The Morgan fingerprint density at radius 2 is 2.19 bits per heavy atom. The van der Waals surface area contributed by atoms with E-state index in [9.17, 15) is 4.39 Å². The van der Waals surface area contributed by atoms with Gasteiger partial charge in [0.1, 0.15) is 17.2 Å². The van der Waals surface area contributed by atoms with E-state index < -0.39 is 5.82 Å². The molecular weight excluding hydrogens is 233 g/mol. The third-order valence-corrected chi connectivity index (χ3v) is 2.08. The van der Waals surface area contributed by atoms with Gasteiger partial charge in [0.25, 0.3) is 0 Å². The average Bonchev–Trinajstić information content (AvgIpc) is 2.27. The number of nitrogens with two attached hydrogens (primary N) is 1. The van der Waals surface area contributed by atoms with Crippen molar-refractivity contribution in [3.8, 4) is 11.6 Å². The SMILES string of the molecule is Nc1ccc(F)cc1Oc1ncncc1Cl. The Morgan fingerprint density at radius 3 is 2.94 bits per heavy atom. The number of aromatic nitrogens is 2. The minimum absolute atomic E-state index is 0.133. The molecule has 16 heavy (non-hydrogen) atoms. The molecule has 0 bridgehead atoms. The zero-order chi connectivity index (χ0) is 11.5. The minimum atomic E-state index is -0.450. The Labute approximate surface area is 95.9 Å². The molecule has 0 atom stereocenters. The number of anilines is 1. The summed E-state index contributed by atoms with van der Waals surface area (Å²) in [6, 6.07) is 3.80. The molecule has 0 saturated carbocycles. The van der Waals surface area contributed by atoms with Crippen molar-refractivity contribution >= 4 is 17.3 Å². The number of ether oxygens (including phenoxy) is 1. The van der Waals surface area contributed by atoms with Crippen molar-refractivity contribution in [3.63, 3.8) is 0 Å². The molecule has 6 heteroatoms. The van der Waals surface area contributed by atoms with Crippen LogP contribution < -0.4 is 10.5 Å². The van der Waals surface area contributed by atoms with Crippen LogP contribution in [-0.4, -0.2) is 9.97 Å². The fraction of sp³-hybridized carbons (Fsp3) is 0. The molecule has 2 N–H and O–H groups in total. The lowest BCUT2D eigenvalue weighted by molar-refractivity contribution is 0.459. The predicted molar refractivity (Wildman–Crippen MR) is 57.9 cm³/mol. The Hall–Kier alpha value is -1.88. The zero-order valence-corrected chi connectivity index (χ0v) is 8.78. The summed E-state index contributed by atoms with van der Waals surface area (Å²) in [5, 5.41) is 0.228. The summed E-state index contributed by atoms with van der Waals surface area (Å²) < 4.78 is 18.2. The zero-order valence-electron chi connectivity index (χ0n) is 8.02. The predicted octanol–water partition coefficient (Wildman–Crippen LogP) is 2.64. The van der Waals surface area contributed by atoms with Crippen molar-refractivity contribution in [2.45, 2.75) is 0 Å². The molecule has 0 aliphatic carbocycles. The van der Waals surface area contributed by atoms with Crippen molar-refractivity contribution in [2.24, 2.45) is 0 Å². The van der Waals surface area contributed by atoms with Crippen molar-refractivity contribution in [2.75, 3.05) is 5.73 Å². The molecule has 2 aromatic rings. The Morgan fingerprint density at radius 1 is 1.38 bits per heavy atom. The average molecular weight is 240 g/mol. The van der Waals surface area contributed by atoms with Gasteiger partial charge >= 0.3 is 0 Å². The lowest BCUT2D eigenvalue weighted by Crippen LogP contribution is -1.95. The Balaban J connectivity index is 2.34.